The molecule has 0 unspecified atom stereocenters. The number of halogens is 1. The summed E-state index contributed by atoms with van der Waals surface area (Å²) in [6.07, 6.45) is 0.408. The van der Waals surface area contributed by atoms with E-state index in [4.69, 9.17) is 16.3 Å². The number of nitrogens with zero attached hydrogens (tertiary/aromatic N) is 1. The fourth-order valence-corrected chi connectivity index (χ4v) is 1.73. The second kappa shape index (κ2) is 8.77. The number of benzene rings is 1. The normalized spacial score (nSPS) is 10.5. The second-order valence-corrected chi connectivity index (χ2v) is 4.50. The largest absolute Gasteiger partial charge is 0.492 e. The maximum Gasteiger partial charge on any atom is 0.306 e. The van der Waals surface area contributed by atoms with Crippen molar-refractivity contribution in [1.29, 1.82) is 0 Å². The van der Waals surface area contributed by atoms with E-state index >= 15 is 0 Å². The number of hydrogen-bond acceptors (Lipinski definition) is 4. The zero-order valence-corrected chi connectivity index (χ0v) is 12.2. The molecule has 0 saturated carbocycles. The Hall–Kier alpha value is -1.26. The standard InChI is InChI=1S/C14H20ClNO3/c1-3-16(9-8-14(17)18-2)10-11-19-13-6-4-12(15)5-7-13/h4-7H,3,8-11H2,1-2H3. The topological polar surface area (TPSA) is 38.8 Å². The number of likely N-dealkylation sites (N-methyl/N-ethyl adjacent to an activating group) is 1. The fraction of sp³-hybridized carbons (Fsp3) is 0.500. The molecule has 5 heteroatoms. The van der Waals surface area contributed by atoms with Crippen LogP contribution in [0.4, 0.5) is 0 Å². The van der Waals surface area contributed by atoms with Gasteiger partial charge in [-0.25, -0.2) is 0 Å². The molecule has 0 bridgehead atoms. The molecule has 0 saturated heterocycles. The number of esters is 1. The van der Waals surface area contributed by atoms with Crippen LogP contribution in [0.3, 0.4) is 0 Å². The predicted octanol–water partition coefficient (Wildman–Crippen LogP) is 2.60. The van der Waals surface area contributed by atoms with Crippen LogP contribution in [0.15, 0.2) is 24.3 Å². The minimum absolute atomic E-state index is 0.183. The van der Waals surface area contributed by atoms with Crippen molar-refractivity contribution >= 4 is 17.6 Å². The Kier molecular flexibility index (Phi) is 7.30. The summed E-state index contributed by atoms with van der Waals surface area (Å²) in [5, 5.41) is 0.695. The van der Waals surface area contributed by atoms with E-state index in [1.807, 2.05) is 12.1 Å². The number of carbonyl (C=O) groups is 1. The summed E-state index contributed by atoms with van der Waals surface area (Å²) >= 11 is 5.80. The van der Waals surface area contributed by atoms with Gasteiger partial charge in [0.15, 0.2) is 0 Å². The number of rotatable bonds is 8. The van der Waals surface area contributed by atoms with Crippen LogP contribution < -0.4 is 4.74 Å². The van der Waals surface area contributed by atoms with Crippen molar-refractivity contribution in [2.45, 2.75) is 13.3 Å². The molecule has 0 atom stereocenters. The minimum atomic E-state index is -0.183. The molecular weight excluding hydrogens is 266 g/mol. The molecule has 0 fully saturated rings. The van der Waals surface area contributed by atoms with Crippen molar-refractivity contribution in [3.05, 3.63) is 29.3 Å². The van der Waals surface area contributed by atoms with E-state index in [-0.39, 0.29) is 5.97 Å². The fourth-order valence-electron chi connectivity index (χ4n) is 1.60. The van der Waals surface area contributed by atoms with Gasteiger partial charge in [0.05, 0.1) is 13.5 Å². The number of methoxy groups -OCH3 is 1. The van der Waals surface area contributed by atoms with Crippen molar-refractivity contribution in [2.24, 2.45) is 0 Å². The third-order valence-corrected chi connectivity index (χ3v) is 3.05. The average Bonchev–Trinajstić information content (AvgIpc) is 2.44. The van der Waals surface area contributed by atoms with Gasteiger partial charge in [0, 0.05) is 18.1 Å². The maximum absolute atomic E-state index is 11.1. The first-order valence-electron chi connectivity index (χ1n) is 6.33. The molecule has 1 aromatic carbocycles. The van der Waals surface area contributed by atoms with Gasteiger partial charge >= 0.3 is 5.97 Å². The lowest BCUT2D eigenvalue weighted by Gasteiger charge is -2.19. The zero-order valence-electron chi connectivity index (χ0n) is 11.4. The average molecular weight is 286 g/mol. The van der Waals surface area contributed by atoms with E-state index in [1.165, 1.54) is 7.11 Å². The Balaban J connectivity index is 2.25. The van der Waals surface area contributed by atoms with Crippen molar-refractivity contribution in [1.82, 2.24) is 4.90 Å². The van der Waals surface area contributed by atoms with Gasteiger partial charge in [-0.2, -0.15) is 0 Å². The van der Waals surface area contributed by atoms with E-state index in [2.05, 4.69) is 16.6 Å². The van der Waals surface area contributed by atoms with Crippen molar-refractivity contribution < 1.29 is 14.3 Å². The molecule has 0 spiro atoms. The van der Waals surface area contributed by atoms with Crippen molar-refractivity contribution in [3.8, 4) is 5.75 Å². The first-order valence-corrected chi connectivity index (χ1v) is 6.71. The minimum Gasteiger partial charge on any atom is -0.492 e. The van der Waals surface area contributed by atoms with Crippen LogP contribution in [0.2, 0.25) is 5.02 Å². The molecule has 106 valence electrons. The van der Waals surface area contributed by atoms with Crippen LogP contribution in [-0.4, -0.2) is 44.2 Å². The lowest BCUT2D eigenvalue weighted by atomic mass is 10.3. The molecule has 1 rings (SSSR count). The number of carbonyl (C=O) groups excluding carboxylic acids is 1. The van der Waals surface area contributed by atoms with Gasteiger partial charge < -0.3 is 9.47 Å². The Morgan fingerprint density at radius 1 is 1.26 bits per heavy atom. The number of hydrogen-bond donors (Lipinski definition) is 0. The van der Waals surface area contributed by atoms with E-state index in [9.17, 15) is 4.79 Å². The quantitative estimate of drug-likeness (QED) is 0.688. The molecule has 4 nitrogen and oxygen atoms in total. The third kappa shape index (κ3) is 6.45. The van der Waals surface area contributed by atoms with Gasteiger partial charge in [-0.05, 0) is 30.8 Å². The van der Waals surface area contributed by atoms with Crippen LogP contribution in [0, 0.1) is 0 Å². The van der Waals surface area contributed by atoms with Gasteiger partial charge in [0.2, 0.25) is 0 Å². The van der Waals surface area contributed by atoms with Crippen LogP contribution in [0.5, 0.6) is 5.75 Å². The highest BCUT2D eigenvalue weighted by atomic mass is 35.5. The molecular formula is C14H20ClNO3. The second-order valence-electron chi connectivity index (χ2n) is 4.06. The summed E-state index contributed by atoms with van der Waals surface area (Å²) in [7, 11) is 1.41. The van der Waals surface area contributed by atoms with Crippen molar-refractivity contribution in [2.75, 3.05) is 33.4 Å². The Bertz CT molecular complexity index is 381. The highest BCUT2D eigenvalue weighted by Crippen LogP contribution is 2.15. The highest BCUT2D eigenvalue weighted by molar-refractivity contribution is 6.30. The highest BCUT2D eigenvalue weighted by Gasteiger charge is 2.06. The molecule has 19 heavy (non-hydrogen) atoms. The van der Waals surface area contributed by atoms with Gasteiger partial charge in [-0.3, -0.25) is 9.69 Å². The zero-order chi connectivity index (χ0) is 14.1. The summed E-state index contributed by atoms with van der Waals surface area (Å²) in [6, 6.07) is 7.28. The van der Waals surface area contributed by atoms with Crippen LogP contribution in [-0.2, 0) is 9.53 Å². The Labute approximate surface area is 119 Å². The first kappa shape index (κ1) is 15.8. The molecule has 0 N–H and O–H groups in total. The first-order chi connectivity index (χ1) is 9.15. The molecule has 0 radical (unpaired) electrons. The van der Waals surface area contributed by atoms with E-state index in [0.29, 0.717) is 24.6 Å². The Morgan fingerprint density at radius 2 is 1.95 bits per heavy atom. The van der Waals surface area contributed by atoms with Gasteiger partial charge in [-0.1, -0.05) is 18.5 Å². The maximum atomic E-state index is 11.1. The van der Waals surface area contributed by atoms with E-state index < -0.39 is 0 Å². The summed E-state index contributed by atoms with van der Waals surface area (Å²) in [5.41, 5.74) is 0. The summed E-state index contributed by atoms with van der Waals surface area (Å²) in [5.74, 6) is 0.616. The molecule has 0 aliphatic carbocycles. The molecule has 0 amide bonds. The Morgan fingerprint density at radius 3 is 2.53 bits per heavy atom. The van der Waals surface area contributed by atoms with E-state index in [1.54, 1.807) is 12.1 Å². The monoisotopic (exact) mass is 285 g/mol. The smallest absolute Gasteiger partial charge is 0.306 e. The molecule has 0 aliphatic rings. The van der Waals surface area contributed by atoms with Gasteiger partial charge in [0.25, 0.3) is 0 Å². The van der Waals surface area contributed by atoms with E-state index in [0.717, 1.165) is 18.8 Å². The molecule has 0 aromatic heterocycles. The molecule has 1 aromatic rings. The number of ether oxygens (including phenoxy) is 2. The summed E-state index contributed by atoms with van der Waals surface area (Å²) < 4.78 is 10.2. The third-order valence-electron chi connectivity index (χ3n) is 2.80. The predicted molar refractivity (Wildman–Crippen MR) is 75.7 cm³/mol. The SMILES string of the molecule is CCN(CCOc1ccc(Cl)cc1)CCC(=O)OC. The van der Waals surface area contributed by atoms with Crippen LogP contribution >= 0.6 is 11.6 Å². The summed E-state index contributed by atoms with van der Waals surface area (Å²) in [4.78, 5) is 13.2. The molecule has 0 aliphatic heterocycles. The van der Waals surface area contributed by atoms with Gasteiger partial charge in [-0.15, -0.1) is 0 Å². The molecule has 0 heterocycles. The van der Waals surface area contributed by atoms with Crippen LogP contribution in [0.25, 0.3) is 0 Å². The van der Waals surface area contributed by atoms with Gasteiger partial charge in [0.1, 0.15) is 12.4 Å². The lowest BCUT2D eigenvalue weighted by molar-refractivity contribution is -0.141. The van der Waals surface area contributed by atoms with Crippen LogP contribution in [0.1, 0.15) is 13.3 Å². The van der Waals surface area contributed by atoms with Crippen molar-refractivity contribution in [3.63, 3.8) is 0 Å². The lowest BCUT2D eigenvalue weighted by Crippen LogP contribution is -2.30. The summed E-state index contributed by atoms with van der Waals surface area (Å²) in [6.45, 7) is 4.97.